The Hall–Kier alpha value is -2.34. The molecule has 1 aromatic carbocycles. The summed E-state index contributed by atoms with van der Waals surface area (Å²) in [6.45, 7) is 8.70. The molecule has 0 unspecified atom stereocenters. The van der Waals surface area contributed by atoms with E-state index in [4.69, 9.17) is 4.74 Å². The van der Waals surface area contributed by atoms with Gasteiger partial charge in [-0.3, -0.25) is 14.5 Å². The number of carbonyl (C=O) groups is 2. The molecule has 25 heavy (non-hydrogen) atoms. The number of amides is 2. The van der Waals surface area contributed by atoms with Crippen molar-refractivity contribution < 1.29 is 14.3 Å². The van der Waals surface area contributed by atoms with Crippen molar-refractivity contribution in [3.63, 3.8) is 0 Å². The van der Waals surface area contributed by atoms with Gasteiger partial charge in [0, 0.05) is 32.7 Å². The maximum absolute atomic E-state index is 12.9. The molecule has 0 aromatic heterocycles. The van der Waals surface area contributed by atoms with Crippen molar-refractivity contribution >= 4 is 17.4 Å². The van der Waals surface area contributed by atoms with E-state index >= 15 is 0 Å². The number of piperazine rings is 1. The highest BCUT2D eigenvalue weighted by Crippen LogP contribution is 2.32. The van der Waals surface area contributed by atoms with E-state index in [0.29, 0.717) is 17.8 Å². The zero-order valence-electron chi connectivity index (χ0n) is 15.1. The Kier molecular flexibility index (Phi) is 5.08. The lowest BCUT2D eigenvalue weighted by Gasteiger charge is -2.35. The Labute approximate surface area is 148 Å². The van der Waals surface area contributed by atoms with Crippen molar-refractivity contribution in [2.45, 2.75) is 13.8 Å². The smallest absolute Gasteiger partial charge is 0.277 e. The predicted molar refractivity (Wildman–Crippen MR) is 96.0 cm³/mol. The lowest BCUT2D eigenvalue weighted by atomic mass is 10.0. The molecule has 0 atom stereocenters. The predicted octanol–water partition coefficient (Wildman–Crippen LogP) is 1.43. The summed E-state index contributed by atoms with van der Waals surface area (Å²) in [5.41, 5.74) is 1.83. The van der Waals surface area contributed by atoms with Gasteiger partial charge in [-0.15, -0.1) is 0 Å². The topological polar surface area (TPSA) is 53.1 Å². The van der Waals surface area contributed by atoms with Crippen LogP contribution >= 0.6 is 0 Å². The van der Waals surface area contributed by atoms with Crippen LogP contribution in [-0.2, 0) is 9.59 Å². The van der Waals surface area contributed by atoms with Crippen LogP contribution in [0, 0.1) is 0 Å². The number of hydrogen-bond donors (Lipinski definition) is 0. The molecular formula is C19H25N3O3. The van der Waals surface area contributed by atoms with Crippen molar-refractivity contribution in [2.24, 2.45) is 0 Å². The SMILES string of the molecule is CCN1CCN(C2=C(c3ccc(OC)cc3)C(=O)N(CC)C2=O)CC1. The molecular weight excluding hydrogens is 318 g/mol. The highest BCUT2D eigenvalue weighted by molar-refractivity contribution is 6.35. The van der Waals surface area contributed by atoms with Gasteiger partial charge < -0.3 is 14.5 Å². The van der Waals surface area contributed by atoms with Gasteiger partial charge in [0.05, 0.1) is 12.7 Å². The van der Waals surface area contributed by atoms with Crippen molar-refractivity contribution in [1.29, 1.82) is 0 Å². The van der Waals surface area contributed by atoms with E-state index in [1.807, 2.05) is 31.2 Å². The van der Waals surface area contributed by atoms with E-state index < -0.39 is 0 Å². The average molecular weight is 343 g/mol. The summed E-state index contributed by atoms with van der Waals surface area (Å²) in [6.07, 6.45) is 0. The van der Waals surface area contributed by atoms with Gasteiger partial charge in [-0.2, -0.15) is 0 Å². The van der Waals surface area contributed by atoms with Crippen LogP contribution < -0.4 is 4.74 Å². The van der Waals surface area contributed by atoms with Gasteiger partial charge in [-0.25, -0.2) is 0 Å². The summed E-state index contributed by atoms with van der Waals surface area (Å²) in [5.74, 6) is 0.348. The Bertz CT molecular complexity index is 688. The highest BCUT2D eigenvalue weighted by Gasteiger charge is 2.41. The van der Waals surface area contributed by atoms with E-state index in [2.05, 4.69) is 16.7 Å². The van der Waals surface area contributed by atoms with E-state index in [1.165, 1.54) is 4.90 Å². The molecule has 2 heterocycles. The number of imide groups is 1. The third-order valence-electron chi connectivity index (χ3n) is 4.97. The van der Waals surface area contributed by atoms with Crippen LogP contribution in [-0.4, -0.2) is 72.9 Å². The number of rotatable bonds is 5. The quantitative estimate of drug-likeness (QED) is 0.757. The largest absolute Gasteiger partial charge is 0.497 e. The number of likely N-dealkylation sites (N-methyl/N-ethyl adjacent to an activating group) is 2. The van der Waals surface area contributed by atoms with Crippen LogP contribution in [0.5, 0.6) is 5.75 Å². The van der Waals surface area contributed by atoms with Crippen LogP contribution in [0.2, 0.25) is 0 Å². The minimum absolute atomic E-state index is 0.178. The fourth-order valence-corrected chi connectivity index (χ4v) is 3.45. The number of carbonyl (C=O) groups excluding carboxylic acids is 2. The zero-order chi connectivity index (χ0) is 18.0. The van der Waals surface area contributed by atoms with Crippen LogP contribution in [0.4, 0.5) is 0 Å². The maximum atomic E-state index is 12.9. The first-order valence-corrected chi connectivity index (χ1v) is 8.82. The molecule has 2 amide bonds. The second-order valence-electron chi connectivity index (χ2n) is 6.23. The summed E-state index contributed by atoms with van der Waals surface area (Å²) in [5, 5.41) is 0. The molecule has 0 radical (unpaired) electrons. The zero-order valence-corrected chi connectivity index (χ0v) is 15.1. The van der Waals surface area contributed by atoms with E-state index in [9.17, 15) is 9.59 Å². The van der Waals surface area contributed by atoms with Crippen LogP contribution in [0.15, 0.2) is 30.0 Å². The summed E-state index contributed by atoms with van der Waals surface area (Å²) in [7, 11) is 1.61. The van der Waals surface area contributed by atoms with Gasteiger partial charge in [-0.1, -0.05) is 19.1 Å². The first-order chi connectivity index (χ1) is 12.1. The third-order valence-corrected chi connectivity index (χ3v) is 4.97. The summed E-state index contributed by atoms with van der Waals surface area (Å²) in [6, 6.07) is 7.34. The van der Waals surface area contributed by atoms with Crippen molar-refractivity contribution in [3.8, 4) is 5.75 Å². The van der Waals surface area contributed by atoms with E-state index in [1.54, 1.807) is 7.11 Å². The van der Waals surface area contributed by atoms with Gasteiger partial charge in [0.15, 0.2) is 0 Å². The molecule has 0 aliphatic carbocycles. The van der Waals surface area contributed by atoms with Gasteiger partial charge in [-0.05, 0) is 31.2 Å². The van der Waals surface area contributed by atoms with Gasteiger partial charge in [0.2, 0.25) is 0 Å². The third kappa shape index (κ3) is 3.14. The fraction of sp³-hybridized carbons (Fsp3) is 0.474. The van der Waals surface area contributed by atoms with Crippen LogP contribution in [0.25, 0.3) is 5.57 Å². The van der Waals surface area contributed by atoms with E-state index in [-0.39, 0.29) is 11.8 Å². The molecule has 3 rings (SSSR count). The summed E-state index contributed by atoms with van der Waals surface area (Å²) >= 11 is 0. The van der Waals surface area contributed by atoms with E-state index in [0.717, 1.165) is 44.0 Å². The molecule has 134 valence electrons. The first kappa shape index (κ1) is 17.5. The molecule has 1 fully saturated rings. The molecule has 1 saturated heterocycles. The fourth-order valence-electron chi connectivity index (χ4n) is 3.45. The number of nitrogens with zero attached hydrogens (tertiary/aromatic N) is 3. The molecule has 0 spiro atoms. The Morgan fingerprint density at radius 3 is 2.08 bits per heavy atom. The molecule has 0 N–H and O–H groups in total. The second kappa shape index (κ2) is 7.27. The maximum Gasteiger partial charge on any atom is 0.277 e. The van der Waals surface area contributed by atoms with Crippen molar-refractivity contribution in [3.05, 3.63) is 35.5 Å². The van der Waals surface area contributed by atoms with Crippen molar-refractivity contribution in [2.75, 3.05) is 46.4 Å². The number of hydrogen-bond acceptors (Lipinski definition) is 5. The van der Waals surface area contributed by atoms with Gasteiger partial charge in [0.25, 0.3) is 11.8 Å². The minimum atomic E-state index is -0.203. The lowest BCUT2D eigenvalue weighted by molar-refractivity contribution is -0.137. The number of benzene rings is 1. The van der Waals surface area contributed by atoms with Crippen molar-refractivity contribution in [1.82, 2.24) is 14.7 Å². The molecule has 2 aliphatic heterocycles. The normalized spacial score (nSPS) is 19.2. The van der Waals surface area contributed by atoms with Crippen LogP contribution in [0.3, 0.4) is 0 Å². The minimum Gasteiger partial charge on any atom is -0.497 e. The Morgan fingerprint density at radius 1 is 0.920 bits per heavy atom. The van der Waals surface area contributed by atoms with Gasteiger partial charge in [0.1, 0.15) is 11.4 Å². The number of methoxy groups -OCH3 is 1. The molecule has 6 heteroatoms. The Morgan fingerprint density at radius 2 is 1.56 bits per heavy atom. The standard InChI is InChI=1S/C19H25N3O3/c1-4-20-10-12-21(13-11-20)17-16(18(23)22(5-2)19(17)24)14-6-8-15(25-3)9-7-14/h6-9H,4-5,10-13H2,1-3H3. The molecule has 2 aliphatic rings. The monoisotopic (exact) mass is 343 g/mol. The molecule has 6 nitrogen and oxygen atoms in total. The number of ether oxygens (including phenoxy) is 1. The average Bonchev–Trinajstić information content (AvgIpc) is 2.91. The summed E-state index contributed by atoms with van der Waals surface area (Å²) in [4.78, 5) is 31.5. The van der Waals surface area contributed by atoms with Crippen LogP contribution in [0.1, 0.15) is 19.4 Å². The first-order valence-electron chi connectivity index (χ1n) is 8.82. The highest BCUT2D eigenvalue weighted by atomic mass is 16.5. The Balaban J connectivity index is 1.99. The molecule has 0 bridgehead atoms. The summed E-state index contributed by atoms with van der Waals surface area (Å²) < 4.78 is 5.20. The second-order valence-corrected chi connectivity index (χ2v) is 6.23. The lowest BCUT2D eigenvalue weighted by Crippen LogP contribution is -2.47. The molecule has 0 saturated carbocycles. The van der Waals surface area contributed by atoms with Gasteiger partial charge >= 0.3 is 0 Å². The molecule has 1 aromatic rings.